The van der Waals surface area contributed by atoms with Gasteiger partial charge in [0.2, 0.25) is 0 Å². The standard InChI is InChI=1S/C60H47N/c1-59(2)52-30-16-13-26-47(52)50-38-42(34-36-54(50)59)45-25-15-18-32-56(45)61(43-35-37-55-51(39-43)48-27-14-17-31-53(48)60(55,3)4)57-33-19-29-46(41-22-9-6-10-23-41)58(57)49-28-12-11-24-44(49)40-20-7-5-8-21-40/h5-39H,1-4H3. The molecule has 2 aliphatic rings. The van der Waals surface area contributed by atoms with Gasteiger partial charge in [-0.2, -0.15) is 0 Å². The summed E-state index contributed by atoms with van der Waals surface area (Å²) in [5, 5.41) is 0. The van der Waals surface area contributed by atoms with Gasteiger partial charge in [0.25, 0.3) is 0 Å². The predicted octanol–water partition coefficient (Wildman–Crippen LogP) is 16.4. The number of anilines is 3. The predicted molar refractivity (Wildman–Crippen MR) is 258 cm³/mol. The third-order valence-corrected chi connectivity index (χ3v) is 13.5. The van der Waals surface area contributed by atoms with Gasteiger partial charge in [-0.1, -0.05) is 210 Å². The Morgan fingerprint density at radius 1 is 0.279 bits per heavy atom. The molecule has 11 rings (SSSR count). The van der Waals surface area contributed by atoms with Gasteiger partial charge >= 0.3 is 0 Å². The highest BCUT2D eigenvalue weighted by molar-refractivity contribution is 6.03. The second-order valence-electron chi connectivity index (χ2n) is 17.7. The van der Waals surface area contributed by atoms with E-state index in [4.69, 9.17) is 0 Å². The second kappa shape index (κ2) is 14.2. The minimum Gasteiger partial charge on any atom is -0.309 e. The van der Waals surface area contributed by atoms with Crippen molar-refractivity contribution in [3.8, 4) is 66.8 Å². The van der Waals surface area contributed by atoms with E-state index in [9.17, 15) is 0 Å². The smallest absolute Gasteiger partial charge is 0.0546 e. The highest BCUT2D eigenvalue weighted by atomic mass is 15.1. The van der Waals surface area contributed by atoms with Gasteiger partial charge in [-0.25, -0.2) is 0 Å². The summed E-state index contributed by atoms with van der Waals surface area (Å²) in [6.45, 7) is 9.43. The zero-order valence-electron chi connectivity index (χ0n) is 35.2. The van der Waals surface area contributed by atoms with E-state index in [0.717, 1.165) is 17.1 Å². The Bertz CT molecular complexity index is 3130. The first-order valence-electron chi connectivity index (χ1n) is 21.5. The van der Waals surface area contributed by atoms with Gasteiger partial charge in [0.05, 0.1) is 11.4 Å². The molecule has 0 aliphatic heterocycles. The van der Waals surface area contributed by atoms with Crippen molar-refractivity contribution in [2.45, 2.75) is 38.5 Å². The SMILES string of the molecule is CC1(C)c2ccccc2-c2cc(-c3ccccc3N(c3ccc4c(c3)-c3ccccc3C4(C)C)c3cccc(-c4ccccc4)c3-c3ccccc3-c3ccccc3)ccc21. The molecule has 0 bridgehead atoms. The topological polar surface area (TPSA) is 3.24 Å². The van der Waals surface area contributed by atoms with E-state index in [2.05, 4.69) is 245 Å². The molecule has 1 heteroatoms. The molecule has 0 saturated carbocycles. The Labute approximate surface area is 360 Å². The number of para-hydroxylation sites is 1. The monoisotopic (exact) mass is 781 g/mol. The first-order chi connectivity index (χ1) is 29.8. The molecule has 2 aliphatic carbocycles. The van der Waals surface area contributed by atoms with Gasteiger partial charge in [-0.3, -0.25) is 0 Å². The highest BCUT2D eigenvalue weighted by Gasteiger charge is 2.37. The third-order valence-electron chi connectivity index (χ3n) is 13.5. The molecule has 9 aromatic carbocycles. The number of rotatable bonds is 7. The maximum atomic E-state index is 2.54. The van der Waals surface area contributed by atoms with Gasteiger partial charge < -0.3 is 4.90 Å². The van der Waals surface area contributed by atoms with Crippen molar-refractivity contribution in [2.24, 2.45) is 0 Å². The van der Waals surface area contributed by atoms with Crippen molar-refractivity contribution in [1.82, 2.24) is 0 Å². The zero-order chi connectivity index (χ0) is 41.3. The number of hydrogen-bond acceptors (Lipinski definition) is 1. The fourth-order valence-corrected chi connectivity index (χ4v) is 10.5. The second-order valence-corrected chi connectivity index (χ2v) is 17.7. The Morgan fingerprint density at radius 2 is 0.721 bits per heavy atom. The molecule has 0 radical (unpaired) electrons. The van der Waals surface area contributed by atoms with Crippen molar-refractivity contribution in [3.05, 3.63) is 235 Å². The van der Waals surface area contributed by atoms with Crippen molar-refractivity contribution in [3.63, 3.8) is 0 Å². The van der Waals surface area contributed by atoms with Gasteiger partial charge in [0, 0.05) is 27.6 Å². The summed E-state index contributed by atoms with van der Waals surface area (Å²) >= 11 is 0. The number of benzene rings is 9. The lowest BCUT2D eigenvalue weighted by Crippen LogP contribution is -2.16. The fourth-order valence-electron chi connectivity index (χ4n) is 10.5. The molecule has 0 saturated heterocycles. The van der Waals surface area contributed by atoms with Crippen LogP contribution in [-0.4, -0.2) is 0 Å². The number of hydrogen-bond donors (Lipinski definition) is 0. The Kier molecular flexibility index (Phi) is 8.58. The maximum Gasteiger partial charge on any atom is 0.0546 e. The quantitative estimate of drug-likeness (QED) is 0.156. The minimum atomic E-state index is -0.102. The van der Waals surface area contributed by atoms with Crippen LogP contribution in [0.15, 0.2) is 212 Å². The molecule has 0 spiro atoms. The van der Waals surface area contributed by atoms with E-state index in [1.165, 1.54) is 89.0 Å². The van der Waals surface area contributed by atoms with Crippen molar-refractivity contribution >= 4 is 17.1 Å². The lowest BCUT2D eigenvalue weighted by molar-refractivity contribution is 0.660. The summed E-state index contributed by atoms with van der Waals surface area (Å²) in [7, 11) is 0. The molecule has 292 valence electrons. The number of nitrogens with zero attached hydrogens (tertiary/aromatic N) is 1. The molecule has 9 aromatic rings. The molecule has 0 unspecified atom stereocenters. The van der Waals surface area contributed by atoms with Crippen LogP contribution in [0.5, 0.6) is 0 Å². The fraction of sp³-hybridized carbons (Fsp3) is 0.100. The average molecular weight is 782 g/mol. The summed E-state index contributed by atoms with van der Waals surface area (Å²) in [4.78, 5) is 2.54. The van der Waals surface area contributed by atoms with E-state index in [-0.39, 0.29) is 10.8 Å². The minimum absolute atomic E-state index is 0.0661. The van der Waals surface area contributed by atoms with Crippen molar-refractivity contribution in [1.29, 1.82) is 0 Å². The molecule has 0 N–H and O–H groups in total. The van der Waals surface area contributed by atoms with Crippen LogP contribution < -0.4 is 4.90 Å². The molecule has 0 fully saturated rings. The highest BCUT2D eigenvalue weighted by Crippen LogP contribution is 2.55. The molecule has 0 atom stereocenters. The van der Waals surface area contributed by atoms with Crippen LogP contribution in [0.3, 0.4) is 0 Å². The Balaban J connectivity index is 1.21. The summed E-state index contributed by atoms with van der Waals surface area (Å²) in [5.41, 5.74) is 23.5. The van der Waals surface area contributed by atoms with Crippen LogP contribution in [-0.2, 0) is 10.8 Å². The Morgan fingerprint density at radius 3 is 1.36 bits per heavy atom. The average Bonchev–Trinajstić information content (AvgIpc) is 3.68. The maximum absolute atomic E-state index is 2.54. The van der Waals surface area contributed by atoms with Crippen LogP contribution in [0.1, 0.15) is 49.9 Å². The molecular weight excluding hydrogens is 735 g/mol. The van der Waals surface area contributed by atoms with Gasteiger partial charge in [0.15, 0.2) is 0 Å². The zero-order valence-corrected chi connectivity index (χ0v) is 35.2. The van der Waals surface area contributed by atoms with Crippen molar-refractivity contribution < 1.29 is 0 Å². The van der Waals surface area contributed by atoms with Crippen LogP contribution >= 0.6 is 0 Å². The van der Waals surface area contributed by atoms with E-state index < -0.39 is 0 Å². The Hall–Kier alpha value is -7.22. The summed E-state index contributed by atoms with van der Waals surface area (Å²) in [5.74, 6) is 0. The molecule has 0 amide bonds. The van der Waals surface area contributed by atoms with Crippen LogP contribution in [0.25, 0.3) is 66.8 Å². The van der Waals surface area contributed by atoms with Gasteiger partial charge in [0.1, 0.15) is 0 Å². The molecule has 0 aromatic heterocycles. The van der Waals surface area contributed by atoms with Crippen LogP contribution in [0.4, 0.5) is 17.1 Å². The lowest BCUT2D eigenvalue weighted by Gasteiger charge is -2.32. The molecule has 61 heavy (non-hydrogen) atoms. The van der Waals surface area contributed by atoms with Crippen LogP contribution in [0, 0.1) is 0 Å². The molecule has 0 heterocycles. The van der Waals surface area contributed by atoms with Gasteiger partial charge in [-0.05, 0) is 108 Å². The largest absolute Gasteiger partial charge is 0.309 e. The normalized spacial score (nSPS) is 13.8. The molecular formula is C60H47N. The van der Waals surface area contributed by atoms with E-state index >= 15 is 0 Å². The summed E-state index contributed by atoms with van der Waals surface area (Å²) < 4.78 is 0. The lowest BCUT2D eigenvalue weighted by atomic mass is 9.82. The van der Waals surface area contributed by atoms with E-state index in [1.54, 1.807) is 0 Å². The van der Waals surface area contributed by atoms with Crippen molar-refractivity contribution in [2.75, 3.05) is 4.90 Å². The first kappa shape index (κ1) is 36.8. The first-order valence-corrected chi connectivity index (χ1v) is 21.5. The molecule has 1 nitrogen and oxygen atoms in total. The van der Waals surface area contributed by atoms with Crippen LogP contribution in [0.2, 0.25) is 0 Å². The number of fused-ring (bicyclic) bond motifs is 6. The van der Waals surface area contributed by atoms with E-state index in [1.807, 2.05) is 0 Å². The van der Waals surface area contributed by atoms with E-state index in [0.29, 0.717) is 0 Å². The summed E-state index contributed by atoms with van der Waals surface area (Å²) in [6, 6.07) is 78.7. The third kappa shape index (κ3) is 5.83. The summed E-state index contributed by atoms with van der Waals surface area (Å²) in [6.07, 6.45) is 0. The van der Waals surface area contributed by atoms with Gasteiger partial charge in [-0.15, -0.1) is 0 Å².